The molecule has 28 heavy (non-hydrogen) atoms. The maximum Gasteiger partial charge on any atom is 0.184 e. The van der Waals surface area contributed by atoms with Gasteiger partial charge < -0.3 is 4.90 Å². The molecule has 5 rings (SSSR count). The summed E-state index contributed by atoms with van der Waals surface area (Å²) in [5, 5.41) is 8.31. The SMILES string of the molecule is O=C(c1ccccc1)C(Br)c1ncc2c(n1)N(C1CCCC1)Cc1nncn1-2. The Morgan fingerprint density at radius 2 is 1.96 bits per heavy atom. The number of rotatable bonds is 4. The first-order chi connectivity index (χ1) is 13.7. The quantitative estimate of drug-likeness (QED) is 0.457. The molecule has 0 N–H and O–H groups in total. The summed E-state index contributed by atoms with van der Waals surface area (Å²) in [6.07, 6.45) is 8.23. The van der Waals surface area contributed by atoms with Crippen LogP contribution in [0.1, 0.15) is 52.5 Å². The topological polar surface area (TPSA) is 76.8 Å². The molecule has 7 nitrogen and oxygen atoms in total. The van der Waals surface area contributed by atoms with Crippen LogP contribution in [0.2, 0.25) is 0 Å². The Bertz CT molecular complexity index is 1010. The molecular weight excluding hydrogens is 420 g/mol. The average molecular weight is 439 g/mol. The minimum atomic E-state index is -0.590. The highest BCUT2D eigenvalue weighted by atomic mass is 79.9. The van der Waals surface area contributed by atoms with E-state index in [4.69, 9.17) is 4.98 Å². The number of alkyl halides is 1. The van der Waals surface area contributed by atoms with Crippen LogP contribution in [0.15, 0.2) is 42.9 Å². The summed E-state index contributed by atoms with van der Waals surface area (Å²) in [4.78, 5) is 23.9. The Morgan fingerprint density at radius 3 is 2.75 bits per heavy atom. The molecular formula is C20H19BrN6O. The van der Waals surface area contributed by atoms with Crippen LogP contribution in [0.4, 0.5) is 5.82 Å². The van der Waals surface area contributed by atoms with Gasteiger partial charge in [-0.05, 0) is 12.8 Å². The van der Waals surface area contributed by atoms with Crippen LogP contribution in [0.25, 0.3) is 5.69 Å². The van der Waals surface area contributed by atoms with Gasteiger partial charge in [0.1, 0.15) is 16.8 Å². The third kappa shape index (κ3) is 2.92. The van der Waals surface area contributed by atoms with E-state index in [1.807, 2.05) is 34.9 Å². The number of fused-ring (bicyclic) bond motifs is 3. The van der Waals surface area contributed by atoms with E-state index in [0.29, 0.717) is 24.0 Å². The molecule has 1 atom stereocenters. The molecule has 8 heteroatoms. The summed E-state index contributed by atoms with van der Waals surface area (Å²) < 4.78 is 1.94. The maximum absolute atomic E-state index is 12.8. The van der Waals surface area contributed by atoms with Crippen molar-refractivity contribution >= 4 is 27.5 Å². The first kappa shape index (κ1) is 17.5. The predicted octanol–water partition coefficient (Wildman–Crippen LogP) is 3.64. The molecule has 0 bridgehead atoms. The largest absolute Gasteiger partial charge is 0.344 e. The van der Waals surface area contributed by atoms with Crippen molar-refractivity contribution in [3.63, 3.8) is 0 Å². The number of carbonyl (C=O) groups excluding carboxylic acids is 1. The molecule has 1 aliphatic heterocycles. The molecule has 2 aliphatic rings. The standard InChI is InChI=1S/C20H19BrN6O/c21-17(18(28)13-6-2-1-3-7-13)19-22-10-15-20(24-19)26(14-8-4-5-9-14)11-16-25-23-12-27(15)16/h1-3,6-7,10,12,14,17H,4-5,8-9,11H2. The summed E-state index contributed by atoms with van der Waals surface area (Å²) in [5.74, 6) is 2.18. The highest BCUT2D eigenvalue weighted by Crippen LogP contribution is 2.36. The number of Topliss-reactive ketones (excluding diaryl/α,β-unsaturated/α-hetero) is 1. The highest BCUT2D eigenvalue weighted by molar-refractivity contribution is 9.09. The van der Waals surface area contributed by atoms with Gasteiger partial charge in [-0.25, -0.2) is 9.97 Å². The first-order valence-electron chi connectivity index (χ1n) is 9.48. The lowest BCUT2D eigenvalue weighted by atomic mass is 10.1. The normalized spacial score (nSPS) is 17.2. The van der Waals surface area contributed by atoms with E-state index in [-0.39, 0.29) is 5.78 Å². The minimum Gasteiger partial charge on any atom is -0.344 e. The van der Waals surface area contributed by atoms with E-state index >= 15 is 0 Å². The molecule has 0 spiro atoms. The zero-order chi connectivity index (χ0) is 19.1. The fourth-order valence-electron chi connectivity index (χ4n) is 4.06. The third-order valence-electron chi connectivity index (χ3n) is 5.51. The smallest absolute Gasteiger partial charge is 0.184 e. The molecule has 2 aromatic heterocycles. The van der Waals surface area contributed by atoms with Gasteiger partial charge in [0, 0.05) is 11.6 Å². The number of hydrogen-bond donors (Lipinski definition) is 0. The van der Waals surface area contributed by atoms with Gasteiger partial charge in [-0.2, -0.15) is 0 Å². The van der Waals surface area contributed by atoms with Crippen molar-refractivity contribution in [1.82, 2.24) is 24.7 Å². The van der Waals surface area contributed by atoms with Crippen molar-refractivity contribution in [2.75, 3.05) is 4.90 Å². The average Bonchev–Trinajstić information content (AvgIpc) is 3.44. The number of nitrogens with zero attached hydrogens (tertiary/aromatic N) is 6. The summed E-state index contributed by atoms with van der Waals surface area (Å²) in [6.45, 7) is 0.674. The van der Waals surface area contributed by atoms with Crippen LogP contribution in [-0.4, -0.2) is 36.6 Å². The Balaban J connectivity index is 1.54. The Kier molecular flexibility index (Phi) is 4.43. The van der Waals surface area contributed by atoms with Crippen molar-refractivity contribution in [2.24, 2.45) is 0 Å². The molecule has 0 amide bonds. The van der Waals surface area contributed by atoms with Crippen molar-refractivity contribution in [3.05, 3.63) is 60.1 Å². The summed E-state index contributed by atoms with van der Waals surface area (Å²) in [5.41, 5.74) is 1.51. The van der Waals surface area contributed by atoms with Crippen LogP contribution in [0.5, 0.6) is 0 Å². The summed E-state index contributed by atoms with van der Waals surface area (Å²) in [6, 6.07) is 9.66. The third-order valence-corrected chi connectivity index (χ3v) is 6.34. The minimum absolute atomic E-state index is 0.0474. The van der Waals surface area contributed by atoms with Gasteiger partial charge >= 0.3 is 0 Å². The van der Waals surface area contributed by atoms with Gasteiger partial charge in [0.15, 0.2) is 23.2 Å². The molecule has 1 unspecified atom stereocenters. The maximum atomic E-state index is 12.8. The van der Waals surface area contributed by atoms with E-state index < -0.39 is 4.83 Å². The van der Waals surface area contributed by atoms with E-state index in [1.54, 1.807) is 12.5 Å². The molecule has 1 saturated carbocycles. The van der Waals surface area contributed by atoms with Gasteiger partial charge in [-0.3, -0.25) is 9.36 Å². The Hall–Kier alpha value is -2.61. The summed E-state index contributed by atoms with van der Waals surface area (Å²) in [7, 11) is 0. The lowest BCUT2D eigenvalue weighted by Crippen LogP contribution is -2.38. The Morgan fingerprint density at radius 1 is 1.18 bits per heavy atom. The number of hydrogen-bond acceptors (Lipinski definition) is 6. The lowest BCUT2D eigenvalue weighted by Gasteiger charge is -2.34. The van der Waals surface area contributed by atoms with Crippen molar-refractivity contribution in [3.8, 4) is 5.69 Å². The second kappa shape index (κ2) is 7.09. The van der Waals surface area contributed by atoms with Gasteiger partial charge in [-0.15, -0.1) is 10.2 Å². The van der Waals surface area contributed by atoms with Crippen LogP contribution in [0, 0.1) is 0 Å². The predicted molar refractivity (Wildman–Crippen MR) is 108 cm³/mol. The number of halogens is 1. The molecule has 1 fully saturated rings. The molecule has 142 valence electrons. The van der Waals surface area contributed by atoms with Gasteiger partial charge in [0.25, 0.3) is 0 Å². The van der Waals surface area contributed by atoms with Gasteiger partial charge in [0.05, 0.1) is 12.7 Å². The molecule has 3 heterocycles. The number of carbonyl (C=O) groups is 1. The van der Waals surface area contributed by atoms with Crippen molar-refractivity contribution in [2.45, 2.75) is 43.1 Å². The lowest BCUT2D eigenvalue weighted by molar-refractivity contribution is 0.0989. The fourth-order valence-corrected chi connectivity index (χ4v) is 4.55. The number of ketones is 1. The first-order valence-corrected chi connectivity index (χ1v) is 10.4. The van der Waals surface area contributed by atoms with Gasteiger partial charge in [-0.1, -0.05) is 59.1 Å². The van der Waals surface area contributed by atoms with Gasteiger partial charge in [0.2, 0.25) is 0 Å². The number of benzene rings is 1. The van der Waals surface area contributed by atoms with E-state index in [9.17, 15) is 4.79 Å². The van der Waals surface area contributed by atoms with Crippen molar-refractivity contribution < 1.29 is 4.79 Å². The molecule has 3 aromatic rings. The second-order valence-corrected chi connectivity index (χ2v) is 8.13. The number of aromatic nitrogens is 5. The molecule has 0 radical (unpaired) electrons. The zero-order valence-corrected chi connectivity index (χ0v) is 16.8. The number of anilines is 1. The molecule has 1 aliphatic carbocycles. The van der Waals surface area contributed by atoms with Crippen molar-refractivity contribution in [1.29, 1.82) is 0 Å². The monoisotopic (exact) mass is 438 g/mol. The van der Waals surface area contributed by atoms with Crippen LogP contribution in [-0.2, 0) is 6.54 Å². The van der Waals surface area contributed by atoms with Crippen LogP contribution in [0.3, 0.4) is 0 Å². The zero-order valence-electron chi connectivity index (χ0n) is 15.2. The van der Waals surface area contributed by atoms with Crippen LogP contribution >= 0.6 is 15.9 Å². The Labute approximate surface area is 171 Å². The fraction of sp³-hybridized carbons (Fsp3) is 0.350. The molecule has 0 saturated heterocycles. The van der Waals surface area contributed by atoms with E-state index in [1.165, 1.54) is 12.8 Å². The summed E-state index contributed by atoms with van der Waals surface area (Å²) >= 11 is 3.52. The van der Waals surface area contributed by atoms with Crippen LogP contribution < -0.4 is 4.90 Å². The second-order valence-electron chi connectivity index (χ2n) is 7.21. The highest BCUT2D eigenvalue weighted by Gasteiger charge is 2.33. The van der Waals surface area contributed by atoms with E-state index in [2.05, 4.69) is 36.0 Å². The van der Waals surface area contributed by atoms with E-state index in [0.717, 1.165) is 30.2 Å². The molecule has 1 aromatic carbocycles.